The smallest absolute Gasteiger partial charge is 0.220 e. The van der Waals surface area contributed by atoms with Crippen molar-refractivity contribution in [2.45, 2.75) is 84.6 Å². The van der Waals surface area contributed by atoms with E-state index < -0.39 is 0 Å². The lowest BCUT2D eigenvalue weighted by Gasteiger charge is -2.42. The number of aromatic amines is 1. The lowest BCUT2D eigenvalue weighted by molar-refractivity contribution is -0.122. The van der Waals surface area contributed by atoms with Crippen molar-refractivity contribution in [3.05, 3.63) is 41.6 Å². The molecule has 1 heterocycles. The number of H-pyrrole nitrogens is 1. The van der Waals surface area contributed by atoms with Gasteiger partial charge in [0.15, 0.2) is 0 Å². The summed E-state index contributed by atoms with van der Waals surface area (Å²) in [5.41, 5.74) is 5.54. The Morgan fingerprint density at radius 1 is 1.22 bits per heavy atom. The Labute approximate surface area is 194 Å². The summed E-state index contributed by atoms with van der Waals surface area (Å²) in [5, 5.41) is 4.43. The van der Waals surface area contributed by atoms with Crippen LogP contribution in [0.2, 0.25) is 0 Å². The fraction of sp³-hybridized carbons (Fsp3) is 0.607. The highest BCUT2D eigenvalue weighted by Gasteiger charge is 2.34. The Hall–Kier alpha value is -2.07. The summed E-state index contributed by atoms with van der Waals surface area (Å²) < 4.78 is 0. The third-order valence-electron chi connectivity index (χ3n) is 7.06. The van der Waals surface area contributed by atoms with E-state index in [1.165, 1.54) is 53.4 Å². The molecule has 0 bridgehead atoms. The van der Waals surface area contributed by atoms with E-state index in [2.05, 4.69) is 87.3 Å². The van der Waals surface area contributed by atoms with Gasteiger partial charge in [-0.05, 0) is 68.8 Å². The first-order valence-electron chi connectivity index (χ1n) is 12.4. The summed E-state index contributed by atoms with van der Waals surface area (Å²) in [6.45, 7) is 9.27. The van der Waals surface area contributed by atoms with Crippen molar-refractivity contribution in [1.29, 1.82) is 0 Å². The van der Waals surface area contributed by atoms with Gasteiger partial charge in [0, 0.05) is 35.1 Å². The quantitative estimate of drug-likeness (QED) is 0.482. The number of amides is 1. The van der Waals surface area contributed by atoms with E-state index in [1.54, 1.807) is 0 Å². The summed E-state index contributed by atoms with van der Waals surface area (Å²) in [6, 6.07) is 8.57. The number of carbonyl (C=O) groups is 1. The minimum absolute atomic E-state index is 0.0135. The van der Waals surface area contributed by atoms with Crippen molar-refractivity contribution in [2.24, 2.45) is 5.41 Å². The SMILES string of the molecule is CCCCC1(N(C)C)CC=C(c2[nH]c3ccccc3c2CCNC(=O)CC(C)(C)C)CC1. The maximum atomic E-state index is 12.3. The molecule has 1 aromatic carbocycles. The molecule has 0 saturated carbocycles. The molecule has 2 N–H and O–H groups in total. The van der Waals surface area contributed by atoms with Crippen LogP contribution in [0, 0.1) is 5.41 Å². The highest BCUT2D eigenvalue weighted by molar-refractivity contribution is 5.89. The van der Waals surface area contributed by atoms with E-state index in [1.807, 2.05) is 0 Å². The molecular formula is C28H43N3O. The summed E-state index contributed by atoms with van der Waals surface area (Å²) in [4.78, 5) is 18.5. The van der Waals surface area contributed by atoms with Gasteiger partial charge in [0.1, 0.15) is 0 Å². The molecule has 4 nitrogen and oxygen atoms in total. The van der Waals surface area contributed by atoms with E-state index in [0.29, 0.717) is 13.0 Å². The summed E-state index contributed by atoms with van der Waals surface area (Å²) in [5.74, 6) is 0.141. The van der Waals surface area contributed by atoms with Crippen LogP contribution in [0.3, 0.4) is 0 Å². The Balaban J connectivity index is 1.81. The number of allylic oxidation sites excluding steroid dienone is 1. The molecule has 1 aromatic heterocycles. The van der Waals surface area contributed by atoms with E-state index in [-0.39, 0.29) is 16.9 Å². The lowest BCUT2D eigenvalue weighted by atomic mass is 9.77. The van der Waals surface area contributed by atoms with Crippen LogP contribution in [0.25, 0.3) is 16.5 Å². The number of fused-ring (bicyclic) bond motifs is 1. The van der Waals surface area contributed by atoms with Crippen LogP contribution in [0.1, 0.15) is 83.9 Å². The lowest BCUT2D eigenvalue weighted by Crippen LogP contribution is -2.45. The van der Waals surface area contributed by atoms with Crippen molar-refractivity contribution in [3.8, 4) is 0 Å². The van der Waals surface area contributed by atoms with Gasteiger partial charge in [-0.2, -0.15) is 0 Å². The van der Waals surface area contributed by atoms with Crippen molar-refractivity contribution < 1.29 is 4.79 Å². The normalized spacial score (nSPS) is 19.4. The number of para-hydroxylation sites is 1. The number of nitrogens with one attached hydrogen (secondary N) is 2. The van der Waals surface area contributed by atoms with Crippen LogP contribution in [0.4, 0.5) is 0 Å². The number of nitrogens with zero attached hydrogens (tertiary/aromatic N) is 1. The largest absolute Gasteiger partial charge is 0.356 e. The summed E-state index contributed by atoms with van der Waals surface area (Å²) in [7, 11) is 4.48. The number of rotatable bonds is 9. The molecule has 0 radical (unpaired) electrons. The van der Waals surface area contributed by atoms with Crippen LogP contribution in [0.15, 0.2) is 30.3 Å². The average molecular weight is 438 g/mol. The van der Waals surface area contributed by atoms with Gasteiger partial charge in [0.2, 0.25) is 5.91 Å². The van der Waals surface area contributed by atoms with Crippen LogP contribution in [0.5, 0.6) is 0 Å². The molecule has 0 spiro atoms. The minimum Gasteiger partial charge on any atom is -0.356 e. The third-order valence-corrected chi connectivity index (χ3v) is 7.06. The molecule has 32 heavy (non-hydrogen) atoms. The predicted molar refractivity (Wildman–Crippen MR) is 137 cm³/mol. The topological polar surface area (TPSA) is 48.1 Å². The molecule has 1 aliphatic rings. The predicted octanol–water partition coefficient (Wildman–Crippen LogP) is 6.32. The van der Waals surface area contributed by atoms with Gasteiger partial charge < -0.3 is 15.2 Å². The van der Waals surface area contributed by atoms with E-state index >= 15 is 0 Å². The molecule has 0 aliphatic heterocycles. The second kappa shape index (κ2) is 10.2. The average Bonchev–Trinajstić information content (AvgIpc) is 3.10. The van der Waals surface area contributed by atoms with E-state index in [4.69, 9.17) is 0 Å². The van der Waals surface area contributed by atoms with Crippen LogP contribution in [-0.4, -0.2) is 42.0 Å². The summed E-state index contributed by atoms with van der Waals surface area (Å²) in [6.07, 6.45) is 11.1. The zero-order chi connectivity index (χ0) is 23.4. The number of hydrogen-bond donors (Lipinski definition) is 2. The Morgan fingerprint density at radius 2 is 1.97 bits per heavy atom. The maximum absolute atomic E-state index is 12.3. The molecule has 1 amide bonds. The molecule has 0 saturated heterocycles. The van der Waals surface area contributed by atoms with Gasteiger partial charge in [-0.15, -0.1) is 0 Å². The highest BCUT2D eigenvalue weighted by Crippen LogP contribution is 2.40. The number of hydrogen-bond acceptors (Lipinski definition) is 2. The molecule has 0 fully saturated rings. The first-order chi connectivity index (χ1) is 15.1. The standard InChI is InChI=1S/C28H43N3O/c1-7-8-16-28(31(5)6)17-13-21(14-18-28)26-23(22-11-9-10-12-24(22)30-26)15-19-29-25(32)20-27(2,3)4/h9-13,30H,7-8,14-20H2,1-6H3,(H,29,32). The number of aromatic nitrogens is 1. The highest BCUT2D eigenvalue weighted by atomic mass is 16.1. The van der Waals surface area contributed by atoms with Crippen LogP contribution >= 0.6 is 0 Å². The van der Waals surface area contributed by atoms with E-state index in [9.17, 15) is 4.79 Å². The second-order valence-corrected chi connectivity index (χ2v) is 11.0. The number of carbonyl (C=O) groups excluding carboxylic acids is 1. The van der Waals surface area contributed by atoms with Gasteiger partial charge in [-0.3, -0.25) is 4.79 Å². The molecular weight excluding hydrogens is 394 g/mol. The van der Waals surface area contributed by atoms with Gasteiger partial charge >= 0.3 is 0 Å². The van der Waals surface area contributed by atoms with Gasteiger partial charge in [0.25, 0.3) is 0 Å². The minimum atomic E-state index is 0.0135. The second-order valence-electron chi connectivity index (χ2n) is 11.0. The molecule has 176 valence electrons. The Morgan fingerprint density at radius 3 is 2.59 bits per heavy atom. The Bertz CT molecular complexity index is 947. The maximum Gasteiger partial charge on any atom is 0.220 e. The van der Waals surface area contributed by atoms with Crippen molar-refractivity contribution >= 4 is 22.4 Å². The molecule has 3 rings (SSSR count). The molecule has 1 atom stereocenters. The van der Waals surface area contributed by atoms with Crippen LogP contribution in [-0.2, 0) is 11.2 Å². The molecule has 4 heteroatoms. The first-order valence-corrected chi connectivity index (χ1v) is 12.4. The van der Waals surface area contributed by atoms with Gasteiger partial charge in [-0.1, -0.05) is 64.8 Å². The van der Waals surface area contributed by atoms with E-state index in [0.717, 1.165) is 19.3 Å². The van der Waals surface area contributed by atoms with Crippen molar-refractivity contribution in [1.82, 2.24) is 15.2 Å². The number of benzene rings is 1. The zero-order valence-electron chi connectivity index (χ0n) is 21.1. The Kier molecular flexibility index (Phi) is 7.87. The zero-order valence-corrected chi connectivity index (χ0v) is 21.1. The fourth-order valence-electron chi connectivity index (χ4n) is 5.08. The van der Waals surface area contributed by atoms with Crippen molar-refractivity contribution in [3.63, 3.8) is 0 Å². The molecule has 1 aliphatic carbocycles. The van der Waals surface area contributed by atoms with Gasteiger partial charge in [-0.25, -0.2) is 0 Å². The molecule has 1 unspecified atom stereocenters. The van der Waals surface area contributed by atoms with Gasteiger partial charge in [0.05, 0.1) is 0 Å². The number of unbranched alkanes of at least 4 members (excludes halogenated alkanes) is 1. The van der Waals surface area contributed by atoms with Crippen molar-refractivity contribution in [2.75, 3.05) is 20.6 Å². The first kappa shape index (κ1) is 24.6. The fourth-order valence-corrected chi connectivity index (χ4v) is 5.08. The van der Waals surface area contributed by atoms with Crippen LogP contribution < -0.4 is 5.32 Å². The third kappa shape index (κ3) is 5.83. The summed E-state index contributed by atoms with van der Waals surface area (Å²) >= 11 is 0. The monoisotopic (exact) mass is 437 g/mol. The molecule has 2 aromatic rings.